The highest BCUT2D eigenvalue weighted by Gasteiger charge is 2.26. The zero-order valence-electron chi connectivity index (χ0n) is 9.59. The largest absolute Gasteiger partial charge is 0.354 e. The molecule has 2 fully saturated rings. The SMILES string of the molecule is CCC1CCCC(NC2CNC(=O)C2)C1. The summed E-state index contributed by atoms with van der Waals surface area (Å²) in [4.78, 5) is 11.1. The molecule has 86 valence electrons. The van der Waals surface area contributed by atoms with Gasteiger partial charge >= 0.3 is 0 Å². The fourth-order valence-corrected chi connectivity index (χ4v) is 2.87. The van der Waals surface area contributed by atoms with Crippen molar-refractivity contribution in [3.8, 4) is 0 Å². The Hall–Kier alpha value is -0.570. The molecule has 1 amide bonds. The predicted molar refractivity (Wildman–Crippen MR) is 60.6 cm³/mol. The van der Waals surface area contributed by atoms with Gasteiger partial charge in [0.2, 0.25) is 5.91 Å². The molecule has 1 saturated heterocycles. The molecule has 0 aromatic heterocycles. The minimum atomic E-state index is 0.204. The highest BCUT2D eigenvalue weighted by Crippen LogP contribution is 2.27. The van der Waals surface area contributed by atoms with Crippen LogP contribution in [-0.4, -0.2) is 24.5 Å². The van der Waals surface area contributed by atoms with Gasteiger partial charge in [0, 0.05) is 25.0 Å². The number of hydrogen-bond donors (Lipinski definition) is 2. The third-order valence-corrected chi connectivity index (χ3v) is 3.81. The number of amides is 1. The topological polar surface area (TPSA) is 41.1 Å². The standard InChI is InChI=1S/C12H22N2O/c1-2-9-4-3-5-10(6-9)14-11-7-12(15)13-8-11/h9-11,14H,2-8H2,1H3,(H,13,15). The maximum atomic E-state index is 11.1. The molecule has 3 nitrogen and oxygen atoms in total. The van der Waals surface area contributed by atoms with Gasteiger partial charge in [0.25, 0.3) is 0 Å². The highest BCUT2D eigenvalue weighted by molar-refractivity contribution is 5.78. The molecular formula is C12H22N2O. The van der Waals surface area contributed by atoms with Crippen molar-refractivity contribution < 1.29 is 4.79 Å². The van der Waals surface area contributed by atoms with Crippen LogP contribution in [0.4, 0.5) is 0 Å². The lowest BCUT2D eigenvalue weighted by atomic mass is 9.84. The van der Waals surface area contributed by atoms with Gasteiger partial charge in [0.05, 0.1) is 0 Å². The molecule has 1 aliphatic carbocycles. The Balaban J connectivity index is 1.76. The van der Waals surface area contributed by atoms with Crippen molar-refractivity contribution in [1.82, 2.24) is 10.6 Å². The van der Waals surface area contributed by atoms with E-state index in [1.165, 1.54) is 32.1 Å². The van der Waals surface area contributed by atoms with Crippen molar-refractivity contribution in [3.05, 3.63) is 0 Å². The summed E-state index contributed by atoms with van der Waals surface area (Å²) in [7, 11) is 0. The van der Waals surface area contributed by atoms with E-state index in [1.807, 2.05) is 0 Å². The summed E-state index contributed by atoms with van der Waals surface area (Å²) < 4.78 is 0. The second kappa shape index (κ2) is 4.97. The van der Waals surface area contributed by atoms with E-state index in [-0.39, 0.29) is 5.91 Å². The summed E-state index contributed by atoms with van der Waals surface area (Å²) >= 11 is 0. The zero-order chi connectivity index (χ0) is 10.7. The van der Waals surface area contributed by atoms with Gasteiger partial charge in [0.1, 0.15) is 0 Å². The van der Waals surface area contributed by atoms with E-state index in [2.05, 4.69) is 17.6 Å². The summed E-state index contributed by atoms with van der Waals surface area (Å²) in [6.45, 7) is 3.11. The molecule has 3 heteroatoms. The van der Waals surface area contributed by atoms with Gasteiger partial charge in [-0.25, -0.2) is 0 Å². The molecule has 0 aromatic rings. The second-order valence-corrected chi connectivity index (χ2v) is 5.01. The smallest absolute Gasteiger partial charge is 0.221 e. The first kappa shape index (κ1) is 10.9. The molecule has 1 aliphatic heterocycles. The van der Waals surface area contributed by atoms with E-state index >= 15 is 0 Å². The molecule has 1 heterocycles. The number of hydrogen-bond acceptors (Lipinski definition) is 2. The van der Waals surface area contributed by atoms with Gasteiger partial charge in [0.15, 0.2) is 0 Å². The van der Waals surface area contributed by atoms with Gasteiger partial charge < -0.3 is 10.6 Å². The van der Waals surface area contributed by atoms with Crippen molar-refractivity contribution in [1.29, 1.82) is 0 Å². The average Bonchev–Trinajstić information content (AvgIpc) is 2.64. The van der Waals surface area contributed by atoms with Crippen LogP contribution in [-0.2, 0) is 4.79 Å². The van der Waals surface area contributed by atoms with E-state index in [0.717, 1.165) is 12.5 Å². The van der Waals surface area contributed by atoms with Crippen LogP contribution in [0.25, 0.3) is 0 Å². The van der Waals surface area contributed by atoms with Crippen LogP contribution >= 0.6 is 0 Å². The normalized spacial score (nSPS) is 36.6. The predicted octanol–water partition coefficient (Wildman–Crippen LogP) is 1.43. The van der Waals surface area contributed by atoms with Crippen LogP contribution in [0.2, 0.25) is 0 Å². The van der Waals surface area contributed by atoms with Crippen LogP contribution < -0.4 is 10.6 Å². The average molecular weight is 210 g/mol. The van der Waals surface area contributed by atoms with Gasteiger partial charge in [-0.1, -0.05) is 26.2 Å². The first-order valence-electron chi connectivity index (χ1n) is 6.30. The van der Waals surface area contributed by atoms with Crippen molar-refractivity contribution in [2.45, 2.75) is 57.5 Å². The van der Waals surface area contributed by atoms with E-state index in [0.29, 0.717) is 18.5 Å². The van der Waals surface area contributed by atoms with E-state index < -0.39 is 0 Å². The van der Waals surface area contributed by atoms with Crippen LogP contribution in [0.15, 0.2) is 0 Å². The molecule has 0 aromatic carbocycles. The number of carbonyl (C=O) groups is 1. The molecular weight excluding hydrogens is 188 g/mol. The summed E-state index contributed by atoms with van der Waals surface area (Å²) in [5, 5.41) is 6.51. The van der Waals surface area contributed by atoms with E-state index in [1.54, 1.807) is 0 Å². The summed E-state index contributed by atoms with van der Waals surface area (Å²) in [6.07, 6.45) is 7.33. The molecule has 2 N–H and O–H groups in total. The molecule has 2 aliphatic rings. The maximum absolute atomic E-state index is 11.1. The van der Waals surface area contributed by atoms with Gasteiger partial charge in [-0.2, -0.15) is 0 Å². The van der Waals surface area contributed by atoms with Gasteiger partial charge in [-0.15, -0.1) is 0 Å². The fraction of sp³-hybridized carbons (Fsp3) is 0.917. The van der Waals surface area contributed by atoms with Gasteiger partial charge in [-0.3, -0.25) is 4.79 Å². The number of carbonyl (C=O) groups excluding carboxylic acids is 1. The first-order valence-corrected chi connectivity index (χ1v) is 6.30. The molecule has 15 heavy (non-hydrogen) atoms. The Labute approximate surface area is 92.0 Å². The monoisotopic (exact) mass is 210 g/mol. The van der Waals surface area contributed by atoms with Crippen molar-refractivity contribution >= 4 is 5.91 Å². The van der Waals surface area contributed by atoms with Crippen LogP contribution in [0.5, 0.6) is 0 Å². The van der Waals surface area contributed by atoms with Crippen LogP contribution in [0.1, 0.15) is 45.4 Å². The molecule has 0 radical (unpaired) electrons. The molecule has 3 atom stereocenters. The molecule has 1 saturated carbocycles. The Morgan fingerprint density at radius 1 is 1.40 bits per heavy atom. The van der Waals surface area contributed by atoms with E-state index in [9.17, 15) is 4.79 Å². The minimum absolute atomic E-state index is 0.204. The zero-order valence-corrected chi connectivity index (χ0v) is 9.59. The lowest BCUT2D eigenvalue weighted by molar-refractivity contribution is -0.119. The van der Waals surface area contributed by atoms with Crippen molar-refractivity contribution in [2.75, 3.05) is 6.54 Å². The quantitative estimate of drug-likeness (QED) is 0.740. The third-order valence-electron chi connectivity index (χ3n) is 3.81. The maximum Gasteiger partial charge on any atom is 0.221 e. The lowest BCUT2D eigenvalue weighted by Gasteiger charge is -2.31. The fourth-order valence-electron chi connectivity index (χ4n) is 2.87. The van der Waals surface area contributed by atoms with Crippen molar-refractivity contribution in [2.24, 2.45) is 5.92 Å². The van der Waals surface area contributed by atoms with E-state index in [4.69, 9.17) is 0 Å². The first-order chi connectivity index (χ1) is 7.28. The summed E-state index contributed by atoms with van der Waals surface area (Å²) in [5.74, 6) is 1.11. The van der Waals surface area contributed by atoms with Crippen LogP contribution in [0, 0.1) is 5.92 Å². The second-order valence-electron chi connectivity index (χ2n) is 5.01. The summed E-state index contributed by atoms with van der Waals surface area (Å²) in [6, 6.07) is 1.04. The molecule has 2 rings (SSSR count). The number of nitrogens with one attached hydrogen (secondary N) is 2. The van der Waals surface area contributed by atoms with Crippen molar-refractivity contribution in [3.63, 3.8) is 0 Å². The minimum Gasteiger partial charge on any atom is -0.354 e. The summed E-state index contributed by atoms with van der Waals surface area (Å²) in [5.41, 5.74) is 0. The Morgan fingerprint density at radius 2 is 2.27 bits per heavy atom. The molecule has 0 bridgehead atoms. The third kappa shape index (κ3) is 2.94. The molecule has 3 unspecified atom stereocenters. The Kier molecular flexibility index (Phi) is 3.62. The van der Waals surface area contributed by atoms with Crippen LogP contribution in [0.3, 0.4) is 0 Å². The Bertz CT molecular complexity index is 230. The van der Waals surface area contributed by atoms with Gasteiger partial charge in [-0.05, 0) is 18.8 Å². The molecule has 0 spiro atoms. The lowest BCUT2D eigenvalue weighted by Crippen LogP contribution is -2.42. The number of rotatable bonds is 3. The highest BCUT2D eigenvalue weighted by atomic mass is 16.1. The Morgan fingerprint density at radius 3 is 2.93 bits per heavy atom.